The van der Waals surface area contributed by atoms with Gasteiger partial charge in [-0.05, 0) is 43.5 Å². The summed E-state index contributed by atoms with van der Waals surface area (Å²) in [6.07, 6.45) is 2.37. The molecule has 1 unspecified atom stereocenters. The molecule has 1 atom stereocenters. The van der Waals surface area contributed by atoms with Crippen molar-refractivity contribution in [3.05, 3.63) is 21.3 Å². The minimum atomic E-state index is 0.730. The molecule has 0 bridgehead atoms. The average molecular weight is 260 g/mol. The zero-order chi connectivity index (χ0) is 12.0. The molecule has 16 heavy (non-hydrogen) atoms. The molecule has 0 aromatic carbocycles. The normalized spacial score (nSPS) is 13.3. The first-order chi connectivity index (χ1) is 7.61. The number of nitrogens with one attached hydrogen (secondary N) is 1. The molecule has 0 amide bonds. The minimum Gasteiger partial charge on any atom is -0.316 e. The van der Waals surface area contributed by atoms with E-state index in [0.29, 0.717) is 0 Å². The molecule has 1 heterocycles. The van der Waals surface area contributed by atoms with Crippen LogP contribution in [0, 0.1) is 11.8 Å². The van der Waals surface area contributed by atoms with E-state index < -0.39 is 0 Å². The Balaban J connectivity index is 2.31. The second-order valence-corrected chi connectivity index (χ2v) is 6.54. The van der Waals surface area contributed by atoms with Gasteiger partial charge in [0.15, 0.2) is 0 Å². The molecule has 0 spiro atoms. The largest absolute Gasteiger partial charge is 0.316 e. The molecule has 0 saturated heterocycles. The molecule has 0 radical (unpaired) electrons. The van der Waals surface area contributed by atoms with Crippen molar-refractivity contribution < 1.29 is 0 Å². The summed E-state index contributed by atoms with van der Waals surface area (Å²) in [6.45, 7) is 8.98. The van der Waals surface area contributed by atoms with E-state index >= 15 is 0 Å². The summed E-state index contributed by atoms with van der Waals surface area (Å²) in [5, 5.41) is 3.53. The average Bonchev–Trinajstić information content (AvgIpc) is 2.62. The molecule has 92 valence electrons. The monoisotopic (exact) mass is 259 g/mol. The molecule has 1 N–H and O–H groups in total. The second-order valence-electron chi connectivity index (χ2n) is 4.74. The smallest absolute Gasteiger partial charge is 0.0931 e. The maximum Gasteiger partial charge on any atom is 0.0931 e. The van der Waals surface area contributed by atoms with Gasteiger partial charge in [0.1, 0.15) is 0 Å². The summed E-state index contributed by atoms with van der Waals surface area (Å²) in [5.41, 5.74) is 0. The van der Waals surface area contributed by atoms with Crippen LogP contribution in [0.5, 0.6) is 0 Å². The number of thiophene rings is 1. The number of rotatable bonds is 7. The molecule has 0 aliphatic heterocycles. The Morgan fingerprint density at radius 2 is 2.06 bits per heavy atom. The van der Waals surface area contributed by atoms with E-state index in [1.165, 1.54) is 11.3 Å². The zero-order valence-corrected chi connectivity index (χ0v) is 12.0. The lowest BCUT2D eigenvalue weighted by Gasteiger charge is -2.15. The highest BCUT2D eigenvalue weighted by molar-refractivity contribution is 7.16. The van der Waals surface area contributed by atoms with Crippen LogP contribution in [-0.2, 0) is 6.42 Å². The van der Waals surface area contributed by atoms with E-state index in [1.807, 2.05) is 6.07 Å². The third-order valence-electron chi connectivity index (χ3n) is 2.68. The van der Waals surface area contributed by atoms with Crippen molar-refractivity contribution in [2.45, 2.75) is 33.6 Å². The number of halogens is 1. The van der Waals surface area contributed by atoms with Gasteiger partial charge in [-0.1, -0.05) is 38.8 Å². The van der Waals surface area contributed by atoms with Crippen molar-refractivity contribution in [1.29, 1.82) is 0 Å². The van der Waals surface area contributed by atoms with E-state index in [1.54, 1.807) is 11.3 Å². The van der Waals surface area contributed by atoms with Gasteiger partial charge in [-0.25, -0.2) is 0 Å². The van der Waals surface area contributed by atoms with E-state index in [9.17, 15) is 0 Å². The van der Waals surface area contributed by atoms with Gasteiger partial charge in [0.2, 0.25) is 0 Å². The quantitative estimate of drug-likeness (QED) is 0.773. The van der Waals surface area contributed by atoms with Crippen LogP contribution in [0.3, 0.4) is 0 Å². The Kier molecular flexibility index (Phi) is 6.40. The van der Waals surface area contributed by atoms with Crippen molar-refractivity contribution in [2.24, 2.45) is 11.8 Å². The Morgan fingerprint density at radius 1 is 1.31 bits per heavy atom. The number of hydrogen-bond donors (Lipinski definition) is 1. The Labute approximate surface area is 108 Å². The summed E-state index contributed by atoms with van der Waals surface area (Å²) in [5.74, 6) is 1.46. The molecular weight excluding hydrogens is 238 g/mol. The van der Waals surface area contributed by atoms with Gasteiger partial charge in [-0.3, -0.25) is 0 Å². The van der Waals surface area contributed by atoms with Crippen LogP contribution in [0.15, 0.2) is 12.1 Å². The highest BCUT2D eigenvalue weighted by Crippen LogP contribution is 2.24. The van der Waals surface area contributed by atoms with Gasteiger partial charge in [0, 0.05) is 4.88 Å². The Morgan fingerprint density at radius 3 is 2.56 bits per heavy atom. The van der Waals surface area contributed by atoms with E-state index in [0.717, 1.165) is 35.7 Å². The molecule has 0 saturated carbocycles. The maximum absolute atomic E-state index is 5.94. The fraction of sp³-hybridized carbons (Fsp3) is 0.692. The summed E-state index contributed by atoms with van der Waals surface area (Å²) in [6, 6.07) is 4.15. The highest BCUT2D eigenvalue weighted by Gasteiger charge is 2.09. The lowest BCUT2D eigenvalue weighted by molar-refractivity contribution is 0.439. The Bertz CT molecular complexity index is 296. The summed E-state index contributed by atoms with van der Waals surface area (Å²) >= 11 is 7.64. The fourth-order valence-electron chi connectivity index (χ4n) is 1.68. The third kappa shape index (κ3) is 5.33. The molecule has 0 fully saturated rings. The molecule has 1 aromatic heterocycles. The molecule has 1 rings (SSSR count). The van der Waals surface area contributed by atoms with Gasteiger partial charge in [-0.15, -0.1) is 11.3 Å². The third-order valence-corrected chi connectivity index (χ3v) is 3.94. The standard InChI is InChI=1S/C13H22ClNS/c1-4-11(9-15-8-10(2)3)7-12-5-6-13(14)16-12/h5-6,10-11,15H,4,7-9H2,1-3H3. The van der Waals surface area contributed by atoms with Crippen LogP contribution in [0.25, 0.3) is 0 Å². The number of hydrogen-bond acceptors (Lipinski definition) is 2. The van der Waals surface area contributed by atoms with Crippen LogP contribution in [0.1, 0.15) is 32.1 Å². The first kappa shape index (κ1) is 14.0. The summed E-state index contributed by atoms with van der Waals surface area (Å²) in [4.78, 5) is 1.41. The highest BCUT2D eigenvalue weighted by atomic mass is 35.5. The SMILES string of the molecule is CCC(CNCC(C)C)Cc1ccc(Cl)s1. The first-order valence-electron chi connectivity index (χ1n) is 6.06. The molecule has 3 heteroatoms. The van der Waals surface area contributed by atoms with Gasteiger partial charge in [0.05, 0.1) is 4.34 Å². The maximum atomic E-state index is 5.94. The van der Waals surface area contributed by atoms with Gasteiger partial charge < -0.3 is 5.32 Å². The fourth-order valence-corrected chi connectivity index (χ4v) is 2.88. The molecule has 1 aromatic rings. The molecule has 1 nitrogen and oxygen atoms in total. The summed E-state index contributed by atoms with van der Waals surface area (Å²) in [7, 11) is 0. The van der Waals surface area contributed by atoms with Crippen LogP contribution in [-0.4, -0.2) is 13.1 Å². The molecule has 0 aliphatic carbocycles. The van der Waals surface area contributed by atoms with Gasteiger partial charge >= 0.3 is 0 Å². The molecular formula is C13H22ClNS. The van der Waals surface area contributed by atoms with Gasteiger partial charge in [0.25, 0.3) is 0 Å². The predicted octanol–water partition coefficient (Wildman–Crippen LogP) is 4.22. The topological polar surface area (TPSA) is 12.0 Å². The Hall–Kier alpha value is -0.0500. The van der Waals surface area contributed by atoms with E-state index in [-0.39, 0.29) is 0 Å². The summed E-state index contributed by atoms with van der Waals surface area (Å²) < 4.78 is 0.903. The lowest BCUT2D eigenvalue weighted by atomic mass is 10.0. The zero-order valence-electron chi connectivity index (χ0n) is 10.4. The van der Waals surface area contributed by atoms with Crippen molar-refractivity contribution >= 4 is 22.9 Å². The molecule has 0 aliphatic rings. The van der Waals surface area contributed by atoms with Crippen LogP contribution in [0.2, 0.25) is 4.34 Å². The van der Waals surface area contributed by atoms with Crippen molar-refractivity contribution in [1.82, 2.24) is 5.32 Å². The van der Waals surface area contributed by atoms with Crippen LogP contribution in [0.4, 0.5) is 0 Å². The van der Waals surface area contributed by atoms with Gasteiger partial charge in [-0.2, -0.15) is 0 Å². The van der Waals surface area contributed by atoms with Crippen molar-refractivity contribution in [3.63, 3.8) is 0 Å². The predicted molar refractivity (Wildman–Crippen MR) is 74.5 cm³/mol. The lowest BCUT2D eigenvalue weighted by Crippen LogP contribution is -2.27. The van der Waals surface area contributed by atoms with E-state index in [4.69, 9.17) is 11.6 Å². The van der Waals surface area contributed by atoms with Crippen molar-refractivity contribution in [3.8, 4) is 0 Å². The minimum absolute atomic E-state index is 0.730. The van der Waals surface area contributed by atoms with Crippen molar-refractivity contribution in [2.75, 3.05) is 13.1 Å². The first-order valence-corrected chi connectivity index (χ1v) is 7.26. The van der Waals surface area contributed by atoms with E-state index in [2.05, 4.69) is 32.2 Å². The second kappa shape index (κ2) is 7.31. The van der Waals surface area contributed by atoms with Crippen LogP contribution >= 0.6 is 22.9 Å². The van der Waals surface area contributed by atoms with Crippen LogP contribution < -0.4 is 5.32 Å².